The molecule has 168 valence electrons. The molecule has 9 heteroatoms. The molecule has 0 unspecified atom stereocenters. The summed E-state index contributed by atoms with van der Waals surface area (Å²) in [6, 6.07) is 6.66. The molecule has 1 saturated carbocycles. The van der Waals surface area contributed by atoms with Crippen molar-refractivity contribution < 1.29 is 13.5 Å². The van der Waals surface area contributed by atoms with Crippen molar-refractivity contribution in [3.63, 3.8) is 0 Å². The van der Waals surface area contributed by atoms with Gasteiger partial charge in [0.25, 0.3) is 0 Å². The van der Waals surface area contributed by atoms with E-state index in [2.05, 4.69) is 25.9 Å². The Hall–Kier alpha value is -3.25. The molecule has 5 rings (SSSR count). The largest absolute Gasteiger partial charge is 0.479 e. The fourth-order valence-electron chi connectivity index (χ4n) is 4.65. The van der Waals surface area contributed by atoms with Crippen LogP contribution in [-0.2, 0) is 12.0 Å². The minimum Gasteiger partial charge on any atom is -0.479 e. The summed E-state index contributed by atoms with van der Waals surface area (Å²) in [5.74, 6) is 2.44. The lowest BCUT2D eigenvalue weighted by Gasteiger charge is -2.33. The van der Waals surface area contributed by atoms with Crippen molar-refractivity contribution in [2.45, 2.75) is 30.1 Å². The van der Waals surface area contributed by atoms with Gasteiger partial charge < -0.3 is 10.5 Å². The number of hydrogen-bond donors (Lipinski definition) is 1. The molecular weight excluding hydrogens is 444 g/mol. The van der Waals surface area contributed by atoms with Crippen LogP contribution in [0.2, 0.25) is 0 Å². The number of benzene rings is 1. The van der Waals surface area contributed by atoms with Crippen LogP contribution in [0, 0.1) is 24.1 Å². The zero-order valence-corrected chi connectivity index (χ0v) is 18.7. The number of halogens is 2. The fourth-order valence-corrected chi connectivity index (χ4v) is 5.97. The molecule has 0 spiro atoms. The van der Waals surface area contributed by atoms with Gasteiger partial charge in [0.2, 0.25) is 0 Å². The molecule has 6 nitrogen and oxygen atoms in total. The van der Waals surface area contributed by atoms with E-state index in [1.807, 2.05) is 6.92 Å². The van der Waals surface area contributed by atoms with Crippen LogP contribution in [0.15, 0.2) is 41.8 Å². The van der Waals surface area contributed by atoms with E-state index in [-0.39, 0.29) is 18.3 Å². The predicted octanol–water partition coefficient (Wildman–Crippen LogP) is 3.77. The van der Waals surface area contributed by atoms with Crippen LogP contribution >= 0.6 is 11.8 Å². The van der Waals surface area contributed by atoms with Gasteiger partial charge in [-0.1, -0.05) is 29.8 Å². The maximum Gasteiger partial charge on any atom is 0.155 e. The van der Waals surface area contributed by atoms with Crippen molar-refractivity contribution in [1.82, 2.24) is 15.0 Å². The van der Waals surface area contributed by atoms with Crippen LogP contribution in [0.5, 0.6) is 5.75 Å². The van der Waals surface area contributed by atoms with Crippen molar-refractivity contribution in [1.29, 1.82) is 0 Å². The summed E-state index contributed by atoms with van der Waals surface area (Å²) in [4.78, 5) is 17.7. The first-order valence-corrected chi connectivity index (χ1v) is 11.3. The summed E-state index contributed by atoms with van der Waals surface area (Å²) < 4.78 is 33.6. The Kier molecular flexibility index (Phi) is 5.20. The topological polar surface area (TPSA) is 86.3 Å². The number of amidine groups is 1. The Morgan fingerprint density at radius 3 is 2.94 bits per heavy atom. The lowest BCUT2D eigenvalue weighted by Crippen LogP contribution is -2.36. The van der Waals surface area contributed by atoms with Gasteiger partial charge in [0.05, 0.1) is 27.7 Å². The van der Waals surface area contributed by atoms with Crippen LogP contribution in [0.4, 0.5) is 8.78 Å². The van der Waals surface area contributed by atoms with Gasteiger partial charge in [-0.25, -0.2) is 23.7 Å². The maximum absolute atomic E-state index is 15.0. The quantitative estimate of drug-likeness (QED) is 0.558. The van der Waals surface area contributed by atoms with Crippen molar-refractivity contribution in [2.75, 3.05) is 13.3 Å². The SMILES string of the molecule is C#CCOc1cnc2c(Cc3ccc(F)c([C@@]4(C)N=C(N)S[C@@]5(CF)C[C@H]54)c3)ncnc2c1. The highest BCUT2D eigenvalue weighted by Crippen LogP contribution is 2.66. The Labute approximate surface area is 194 Å². The normalized spacial score (nSPS) is 25.8. The van der Waals surface area contributed by atoms with E-state index < -0.39 is 17.0 Å². The summed E-state index contributed by atoms with van der Waals surface area (Å²) >= 11 is 1.26. The summed E-state index contributed by atoms with van der Waals surface area (Å²) in [6.45, 7) is 1.46. The molecule has 0 saturated heterocycles. The first kappa shape index (κ1) is 21.6. The van der Waals surface area contributed by atoms with E-state index in [0.717, 1.165) is 5.56 Å². The van der Waals surface area contributed by atoms with Gasteiger partial charge in [0.1, 0.15) is 36.7 Å². The number of pyridine rings is 1. The molecule has 0 amide bonds. The number of terminal acetylenes is 1. The number of rotatable bonds is 6. The Morgan fingerprint density at radius 2 is 2.15 bits per heavy atom. The molecule has 33 heavy (non-hydrogen) atoms. The number of ether oxygens (including phenoxy) is 1. The molecule has 1 aliphatic heterocycles. The first-order valence-electron chi connectivity index (χ1n) is 10.4. The summed E-state index contributed by atoms with van der Waals surface area (Å²) in [5.41, 5.74) is 8.29. The molecule has 0 radical (unpaired) electrons. The number of aromatic nitrogens is 3. The molecule has 0 bridgehead atoms. The maximum atomic E-state index is 15.0. The molecule has 1 aromatic carbocycles. The van der Waals surface area contributed by atoms with E-state index in [1.54, 1.807) is 24.4 Å². The van der Waals surface area contributed by atoms with Crippen molar-refractivity contribution in [3.05, 3.63) is 59.4 Å². The third kappa shape index (κ3) is 3.68. The number of aliphatic imine (C=N–C) groups is 1. The lowest BCUT2D eigenvalue weighted by molar-refractivity contribution is 0.363. The Bertz CT molecular complexity index is 1330. The number of alkyl halides is 1. The molecule has 3 aromatic rings. The second-order valence-corrected chi connectivity index (χ2v) is 9.93. The monoisotopic (exact) mass is 465 g/mol. The zero-order chi connectivity index (χ0) is 23.2. The van der Waals surface area contributed by atoms with Gasteiger partial charge >= 0.3 is 0 Å². The highest BCUT2D eigenvalue weighted by molar-refractivity contribution is 8.15. The summed E-state index contributed by atoms with van der Waals surface area (Å²) in [5, 5.41) is 0.294. The number of fused-ring (bicyclic) bond motifs is 2. The third-order valence-corrected chi connectivity index (χ3v) is 7.64. The average Bonchev–Trinajstić information content (AvgIpc) is 3.55. The van der Waals surface area contributed by atoms with Crippen LogP contribution in [-0.4, -0.2) is 38.1 Å². The summed E-state index contributed by atoms with van der Waals surface area (Å²) in [6.07, 6.45) is 9.29. The summed E-state index contributed by atoms with van der Waals surface area (Å²) in [7, 11) is 0. The number of nitrogens with zero attached hydrogens (tertiary/aromatic N) is 4. The van der Waals surface area contributed by atoms with Gasteiger partial charge in [0, 0.05) is 24.0 Å². The minimum atomic E-state index is -0.920. The highest BCUT2D eigenvalue weighted by atomic mass is 32.2. The highest BCUT2D eigenvalue weighted by Gasteiger charge is 2.66. The van der Waals surface area contributed by atoms with Gasteiger partial charge in [-0.2, -0.15) is 0 Å². The van der Waals surface area contributed by atoms with Crippen LogP contribution in [0.25, 0.3) is 11.0 Å². The minimum absolute atomic E-state index is 0.111. The predicted molar refractivity (Wildman–Crippen MR) is 124 cm³/mol. The van der Waals surface area contributed by atoms with E-state index in [9.17, 15) is 4.39 Å². The Balaban J connectivity index is 1.49. The van der Waals surface area contributed by atoms with Crippen molar-refractivity contribution in [3.8, 4) is 18.1 Å². The lowest BCUT2D eigenvalue weighted by atomic mass is 9.84. The second-order valence-electron chi connectivity index (χ2n) is 8.50. The molecule has 3 heterocycles. The zero-order valence-electron chi connectivity index (χ0n) is 17.9. The number of thioether (sulfide) groups is 1. The van der Waals surface area contributed by atoms with Gasteiger partial charge in [0.15, 0.2) is 5.17 Å². The van der Waals surface area contributed by atoms with E-state index in [0.29, 0.717) is 46.0 Å². The van der Waals surface area contributed by atoms with Gasteiger partial charge in [-0.3, -0.25) is 4.99 Å². The first-order chi connectivity index (χ1) is 15.9. The molecule has 1 fully saturated rings. The molecule has 3 atom stereocenters. The molecule has 2 aromatic heterocycles. The molecule has 2 N–H and O–H groups in total. The van der Waals surface area contributed by atoms with Crippen LogP contribution < -0.4 is 10.5 Å². The van der Waals surface area contributed by atoms with E-state index in [4.69, 9.17) is 16.9 Å². The van der Waals surface area contributed by atoms with Crippen LogP contribution in [0.1, 0.15) is 30.2 Å². The molecule has 2 aliphatic rings. The third-order valence-electron chi connectivity index (χ3n) is 6.38. The average molecular weight is 466 g/mol. The Morgan fingerprint density at radius 1 is 1.30 bits per heavy atom. The molecule has 1 aliphatic carbocycles. The van der Waals surface area contributed by atoms with E-state index >= 15 is 4.39 Å². The number of nitrogens with two attached hydrogens (primary N) is 1. The number of hydrogen-bond acceptors (Lipinski definition) is 7. The van der Waals surface area contributed by atoms with Crippen LogP contribution in [0.3, 0.4) is 0 Å². The van der Waals surface area contributed by atoms with E-state index in [1.165, 1.54) is 24.2 Å². The fraction of sp³-hybridized carbons (Fsp3) is 0.333. The smallest absolute Gasteiger partial charge is 0.155 e. The standard InChI is InChI=1S/C24H21F2N5OS/c1-3-6-32-15-9-19-21(28-11-15)18(29-13-30-19)8-14-4-5-17(26)16(7-14)23(2)20-10-24(20,12-25)33-22(27)31-23/h1,4-5,7,9,11,13,20H,6,8,10,12H2,2H3,(H2,27,31)/t20-,23+,24+/m0/s1. The van der Waals surface area contributed by atoms with Crippen molar-refractivity contribution >= 4 is 28.0 Å². The van der Waals surface area contributed by atoms with Gasteiger partial charge in [-0.05, 0) is 25.0 Å². The van der Waals surface area contributed by atoms with Crippen molar-refractivity contribution in [2.24, 2.45) is 16.6 Å². The molecular formula is C24H21F2N5OS. The van der Waals surface area contributed by atoms with Gasteiger partial charge in [-0.15, -0.1) is 6.42 Å². The second kappa shape index (κ2) is 7.96.